The molecule has 1 saturated heterocycles. The molecule has 12 nitrogen and oxygen atoms in total. The molecular formula is C29H30Cl2N4O8S. The Labute approximate surface area is 266 Å². The summed E-state index contributed by atoms with van der Waals surface area (Å²) in [6.07, 6.45) is 0. The quantitative estimate of drug-likeness (QED) is 0.218. The van der Waals surface area contributed by atoms with E-state index < -0.39 is 12.0 Å². The van der Waals surface area contributed by atoms with E-state index in [1.54, 1.807) is 47.7 Å². The standard InChI is InChI=1S/C29H30Cl2N4O8S/c1-40-6-7-41-8-9-42-14-24(36)32-22-12-35-25(29(38)39)16(15-44-28(22)35)13-43-23-5-3-18(31)11-20(23)26-33-21-4-2-17(30)10-19(21)27(37)34-26/h2-5,10-11,15,22,25,28H,6-9,12-14H2,1H3,(H,32,36)(H,38,39)(H,33,34,37). The van der Waals surface area contributed by atoms with Gasteiger partial charge in [0.25, 0.3) is 5.56 Å². The molecule has 15 heteroatoms. The summed E-state index contributed by atoms with van der Waals surface area (Å²) in [6.45, 7) is 1.77. The molecule has 3 atom stereocenters. The number of carboxylic acid groups (broad SMARTS) is 1. The molecule has 44 heavy (non-hydrogen) atoms. The zero-order valence-electron chi connectivity index (χ0n) is 23.6. The molecule has 3 heterocycles. The molecule has 3 aromatic rings. The van der Waals surface area contributed by atoms with Crippen LogP contribution in [0.1, 0.15) is 0 Å². The summed E-state index contributed by atoms with van der Waals surface area (Å²) in [4.78, 5) is 46.6. The molecule has 3 unspecified atom stereocenters. The molecular weight excluding hydrogens is 635 g/mol. The first kappa shape index (κ1) is 32.2. The van der Waals surface area contributed by atoms with Gasteiger partial charge in [0.2, 0.25) is 5.91 Å². The molecule has 1 fully saturated rings. The molecule has 0 saturated carbocycles. The lowest BCUT2D eigenvalue weighted by Crippen LogP contribution is -2.70. The predicted octanol–water partition coefficient (Wildman–Crippen LogP) is 3.17. The lowest BCUT2D eigenvalue weighted by atomic mass is 9.99. The molecule has 0 aliphatic carbocycles. The molecule has 5 rings (SSSR count). The highest BCUT2D eigenvalue weighted by Gasteiger charge is 2.49. The van der Waals surface area contributed by atoms with Gasteiger partial charge >= 0.3 is 5.97 Å². The minimum absolute atomic E-state index is 0.0352. The number of halogens is 2. The van der Waals surface area contributed by atoms with Gasteiger partial charge in [0.1, 0.15) is 30.8 Å². The topological polar surface area (TPSA) is 152 Å². The van der Waals surface area contributed by atoms with Gasteiger partial charge in [-0.2, -0.15) is 0 Å². The molecule has 234 valence electrons. The number of thioether (sulfide) groups is 1. The van der Waals surface area contributed by atoms with Crippen molar-refractivity contribution < 1.29 is 33.6 Å². The van der Waals surface area contributed by atoms with Gasteiger partial charge in [-0.3, -0.25) is 19.3 Å². The number of fused-ring (bicyclic) bond motifs is 2. The Kier molecular flexibility index (Phi) is 10.8. The maximum Gasteiger partial charge on any atom is 0.325 e. The lowest BCUT2D eigenvalue weighted by Gasteiger charge is -2.52. The van der Waals surface area contributed by atoms with E-state index in [1.807, 2.05) is 0 Å². The Hall–Kier alpha value is -3.17. The average Bonchev–Trinajstić information content (AvgIpc) is 2.98. The minimum Gasteiger partial charge on any atom is -0.488 e. The monoisotopic (exact) mass is 664 g/mol. The van der Waals surface area contributed by atoms with Crippen molar-refractivity contribution >= 4 is 57.7 Å². The van der Waals surface area contributed by atoms with E-state index in [1.165, 1.54) is 17.8 Å². The van der Waals surface area contributed by atoms with Crippen molar-refractivity contribution in [3.63, 3.8) is 0 Å². The van der Waals surface area contributed by atoms with Crippen molar-refractivity contribution in [3.05, 3.63) is 67.8 Å². The highest BCUT2D eigenvalue weighted by Crippen LogP contribution is 2.40. The van der Waals surface area contributed by atoms with Crippen LogP contribution < -0.4 is 15.6 Å². The van der Waals surface area contributed by atoms with E-state index in [0.717, 1.165) is 0 Å². The van der Waals surface area contributed by atoms with Crippen LogP contribution in [-0.2, 0) is 23.8 Å². The molecule has 2 aromatic carbocycles. The van der Waals surface area contributed by atoms with Crippen LogP contribution in [0.5, 0.6) is 5.75 Å². The number of nitrogens with zero attached hydrogens (tertiary/aromatic N) is 2. The van der Waals surface area contributed by atoms with E-state index in [9.17, 15) is 19.5 Å². The van der Waals surface area contributed by atoms with Crippen LogP contribution in [-0.4, -0.2) is 103 Å². The molecule has 3 N–H and O–H groups in total. The van der Waals surface area contributed by atoms with Crippen LogP contribution in [0.25, 0.3) is 22.3 Å². The number of aromatic nitrogens is 2. The normalized spacial score (nSPS) is 19.6. The third kappa shape index (κ3) is 7.54. The number of carbonyl (C=O) groups is 2. The van der Waals surface area contributed by atoms with Crippen LogP contribution in [0.2, 0.25) is 10.0 Å². The largest absolute Gasteiger partial charge is 0.488 e. The van der Waals surface area contributed by atoms with Crippen LogP contribution >= 0.6 is 35.0 Å². The fourth-order valence-electron chi connectivity index (χ4n) is 4.89. The number of carbonyl (C=O) groups excluding carboxylic acids is 1. The van der Waals surface area contributed by atoms with Gasteiger partial charge in [-0.25, -0.2) is 4.98 Å². The Morgan fingerprint density at radius 3 is 2.66 bits per heavy atom. The summed E-state index contributed by atoms with van der Waals surface area (Å²) >= 11 is 13.7. The van der Waals surface area contributed by atoms with Crippen molar-refractivity contribution in [2.24, 2.45) is 0 Å². The zero-order chi connectivity index (χ0) is 31.2. The second kappa shape index (κ2) is 14.7. The van der Waals surface area contributed by atoms with Crippen LogP contribution in [0.4, 0.5) is 0 Å². The third-order valence-electron chi connectivity index (χ3n) is 7.00. The number of ether oxygens (including phenoxy) is 4. The minimum atomic E-state index is -1.03. The predicted molar refractivity (Wildman–Crippen MR) is 166 cm³/mol. The number of methoxy groups -OCH3 is 1. The Morgan fingerprint density at radius 1 is 1.11 bits per heavy atom. The number of hydrogen-bond donors (Lipinski definition) is 3. The molecule has 1 aromatic heterocycles. The van der Waals surface area contributed by atoms with E-state index in [2.05, 4.69) is 15.3 Å². The SMILES string of the molecule is COCCOCCOCC(=O)NC1CN2C(C(=O)O)C(COc3ccc(Cl)cc3-c3nc4ccc(Cl)cc4c(=O)[nH]3)=CSC12. The smallest absolute Gasteiger partial charge is 0.325 e. The van der Waals surface area contributed by atoms with Crippen molar-refractivity contribution in [3.8, 4) is 17.1 Å². The van der Waals surface area contributed by atoms with Gasteiger partial charge in [-0.15, -0.1) is 11.8 Å². The van der Waals surface area contributed by atoms with Crippen molar-refractivity contribution in [2.45, 2.75) is 17.5 Å². The molecule has 2 aliphatic rings. The first-order chi connectivity index (χ1) is 21.2. The number of hydrogen-bond acceptors (Lipinski definition) is 10. The molecule has 2 aliphatic heterocycles. The summed E-state index contributed by atoms with van der Waals surface area (Å²) in [6, 6.07) is 8.55. The van der Waals surface area contributed by atoms with Crippen molar-refractivity contribution in [2.75, 3.05) is 53.3 Å². The zero-order valence-corrected chi connectivity index (χ0v) is 25.9. The lowest BCUT2D eigenvalue weighted by molar-refractivity contribution is -0.145. The molecule has 1 amide bonds. The molecule has 0 bridgehead atoms. The van der Waals surface area contributed by atoms with E-state index >= 15 is 0 Å². The number of rotatable bonds is 14. The van der Waals surface area contributed by atoms with Crippen LogP contribution in [0.15, 0.2) is 52.2 Å². The summed E-state index contributed by atoms with van der Waals surface area (Å²) in [5, 5.41) is 15.7. The van der Waals surface area contributed by atoms with Gasteiger partial charge in [0, 0.05) is 29.3 Å². The average molecular weight is 666 g/mol. The van der Waals surface area contributed by atoms with Gasteiger partial charge in [0.05, 0.1) is 54.3 Å². The van der Waals surface area contributed by atoms with Gasteiger partial charge in [-0.05, 0) is 41.8 Å². The number of benzene rings is 2. The van der Waals surface area contributed by atoms with Gasteiger partial charge < -0.3 is 34.4 Å². The highest BCUT2D eigenvalue weighted by atomic mass is 35.5. The number of H-pyrrole nitrogens is 1. The van der Waals surface area contributed by atoms with E-state index in [4.69, 9.17) is 42.1 Å². The Bertz CT molecular complexity index is 1620. The summed E-state index contributed by atoms with van der Waals surface area (Å²) in [7, 11) is 1.59. The maximum absolute atomic E-state index is 12.8. The summed E-state index contributed by atoms with van der Waals surface area (Å²) in [5.41, 5.74) is 1.05. The fraction of sp³-hybridized carbons (Fsp3) is 0.379. The first-order valence-corrected chi connectivity index (χ1v) is 15.3. The summed E-state index contributed by atoms with van der Waals surface area (Å²) in [5.74, 6) is -0.702. The van der Waals surface area contributed by atoms with Crippen molar-refractivity contribution in [1.82, 2.24) is 20.2 Å². The third-order valence-corrected chi connectivity index (χ3v) is 8.78. The number of aliphatic carboxylic acids is 1. The van der Waals surface area contributed by atoms with Gasteiger partial charge in [-0.1, -0.05) is 23.2 Å². The maximum atomic E-state index is 12.8. The second-order valence-corrected chi connectivity index (χ2v) is 11.9. The number of amides is 1. The number of nitrogens with one attached hydrogen (secondary N) is 2. The van der Waals surface area contributed by atoms with E-state index in [-0.39, 0.29) is 48.5 Å². The molecule has 0 spiro atoms. The second-order valence-electron chi connectivity index (χ2n) is 9.99. The Balaban J connectivity index is 1.22. The first-order valence-electron chi connectivity index (χ1n) is 13.6. The number of carboxylic acids is 1. The van der Waals surface area contributed by atoms with E-state index in [0.29, 0.717) is 64.2 Å². The number of aromatic amines is 1. The van der Waals surface area contributed by atoms with Gasteiger partial charge in [0.15, 0.2) is 0 Å². The fourth-order valence-corrected chi connectivity index (χ4v) is 6.46. The van der Waals surface area contributed by atoms with Crippen molar-refractivity contribution in [1.29, 1.82) is 0 Å². The highest BCUT2D eigenvalue weighted by molar-refractivity contribution is 8.02. The molecule has 0 radical (unpaired) electrons. The Morgan fingerprint density at radius 2 is 1.86 bits per heavy atom. The summed E-state index contributed by atoms with van der Waals surface area (Å²) < 4.78 is 21.7. The van der Waals surface area contributed by atoms with Crippen LogP contribution in [0.3, 0.4) is 0 Å². The van der Waals surface area contributed by atoms with Crippen LogP contribution in [0, 0.1) is 0 Å².